The Morgan fingerprint density at radius 3 is 2.52 bits per heavy atom. The molecule has 0 fully saturated rings. The Labute approximate surface area is 198 Å². The second kappa shape index (κ2) is 10.2. The van der Waals surface area contributed by atoms with Gasteiger partial charge in [-0.1, -0.05) is 41.6 Å². The molecule has 8 nitrogen and oxygen atoms in total. The highest BCUT2D eigenvalue weighted by Crippen LogP contribution is 2.28. The van der Waals surface area contributed by atoms with Crippen molar-refractivity contribution in [1.82, 2.24) is 20.2 Å². The summed E-state index contributed by atoms with van der Waals surface area (Å²) in [4.78, 5) is 12.3. The van der Waals surface area contributed by atoms with Crippen LogP contribution < -0.4 is 5.43 Å². The molecule has 0 unspecified atom stereocenters. The van der Waals surface area contributed by atoms with Crippen molar-refractivity contribution in [3.8, 4) is 28.6 Å². The zero-order valence-corrected chi connectivity index (χ0v) is 18.7. The van der Waals surface area contributed by atoms with Crippen LogP contribution in [0.4, 0.5) is 0 Å². The molecular weight excluding hydrogens is 462 g/mol. The average molecular weight is 480 g/mol. The molecular formula is C23H18ClN5O3S. The van der Waals surface area contributed by atoms with E-state index in [0.717, 1.165) is 11.3 Å². The predicted molar refractivity (Wildman–Crippen MR) is 128 cm³/mol. The molecule has 0 radical (unpaired) electrons. The largest absolute Gasteiger partial charge is 0.504 e. The van der Waals surface area contributed by atoms with E-state index in [1.54, 1.807) is 18.2 Å². The van der Waals surface area contributed by atoms with Crippen molar-refractivity contribution < 1.29 is 15.0 Å². The fraction of sp³-hybridized carbons (Fsp3) is 0.0435. The number of thioether (sulfide) groups is 1. The van der Waals surface area contributed by atoms with Gasteiger partial charge in [0, 0.05) is 16.3 Å². The van der Waals surface area contributed by atoms with Gasteiger partial charge in [0.15, 0.2) is 22.5 Å². The van der Waals surface area contributed by atoms with E-state index in [0.29, 0.717) is 21.6 Å². The van der Waals surface area contributed by atoms with Crippen LogP contribution in [0.1, 0.15) is 5.56 Å². The highest BCUT2D eigenvalue weighted by Gasteiger charge is 2.17. The zero-order valence-electron chi connectivity index (χ0n) is 17.1. The van der Waals surface area contributed by atoms with Crippen molar-refractivity contribution in [3.63, 3.8) is 0 Å². The number of hydrogen-bond donors (Lipinski definition) is 3. The van der Waals surface area contributed by atoms with Crippen LogP contribution in [0.5, 0.6) is 11.5 Å². The molecule has 33 heavy (non-hydrogen) atoms. The molecule has 4 aromatic rings. The van der Waals surface area contributed by atoms with Crippen LogP contribution in [0.25, 0.3) is 17.1 Å². The first-order valence-corrected chi connectivity index (χ1v) is 11.1. The third-order valence-electron chi connectivity index (χ3n) is 4.48. The lowest BCUT2D eigenvalue weighted by Gasteiger charge is -2.10. The van der Waals surface area contributed by atoms with Crippen LogP contribution >= 0.6 is 23.4 Å². The first-order valence-electron chi connectivity index (χ1n) is 9.75. The quantitative estimate of drug-likeness (QED) is 0.158. The maximum Gasteiger partial charge on any atom is 0.250 e. The van der Waals surface area contributed by atoms with Gasteiger partial charge in [-0.05, 0) is 60.2 Å². The number of carbonyl (C=O) groups is 1. The molecule has 0 spiro atoms. The van der Waals surface area contributed by atoms with Crippen molar-refractivity contribution >= 4 is 35.5 Å². The summed E-state index contributed by atoms with van der Waals surface area (Å²) in [7, 11) is 0. The molecule has 0 aliphatic heterocycles. The maximum atomic E-state index is 12.3. The molecule has 1 aromatic heterocycles. The molecule has 0 saturated heterocycles. The summed E-state index contributed by atoms with van der Waals surface area (Å²) < 4.78 is 1.88. The second-order valence-corrected chi connectivity index (χ2v) is 8.19. The molecule has 4 rings (SSSR count). The van der Waals surface area contributed by atoms with E-state index in [2.05, 4.69) is 20.7 Å². The van der Waals surface area contributed by atoms with Gasteiger partial charge in [-0.2, -0.15) is 5.10 Å². The molecule has 0 aliphatic rings. The van der Waals surface area contributed by atoms with Crippen LogP contribution in [0.3, 0.4) is 0 Å². The summed E-state index contributed by atoms with van der Waals surface area (Å²) in [5.41, 5.74) is 4.66. The third-order valence-corrected chi connectivity index (χ3v) is 5.67. The van der Waals surface area contributed by atoms with Gasteiger partial charge in [0.1, 0.15) is 0 Å². The zero-order chi connectivity index (χ0) is 23.2. The first-order chi connectivity index (χ1) is 16.0. The molecule has 0 atom stereocenters. The van der Waals surface area contributed by atoms with E-state index >= 15 is 0 Å². The number of aromatic hydroxyl groups is 2. The van der Waals surface area contributed by atoms with Gasteiger partial charge >= 0.3 is 0 Å². The highest BCUT2D eigenvalue weighted by molar-refractivity contribution is 7.99. The van der Waals surface area contributed by atoms with Crippen LogP contribution in [-0.4, -0.2) is 42.9 Å². The lowest BCUT2D eigenvalue weighted by atomic mass is 10.2. The number of nitrogens with zero attached hydrogens (tertiary/aromatic N) is 4. The molecule has 10 heteroatoms. The van der Waals surface area contributed by atoms with Gasteiger partial charge in [-0.25, -0.2) is 5.43 Å². The summed E-state index contributed by atoms with van der Waals surface area (Å²) in [5.74, 6) is -0.143. The number of aromatic nitrogens is 3. The molecule has 0 aliphatic carbocycles. The lowest BCUT2D eigenvalue weighted by Crippen LogP contribution is -2.20. The van der Waals surface area contributed by atoms with Crippen molar-refractivity contribution in [2.45, 2.75) is 5.16 Å². The molecule has 166 valence electrons. The van der Waals surface area contributed by atoms with Crippen molar-refractivity contribution in [2.75, 3.05) is 5.75 Å². The number of rotatable bonds is 7. The second-order valence-electron chi connectivity index (χ2n) is 6.81. The summed E-state index contributed by atoms with van der Waals surface area (Å²) in [6.45, 7) is 0. The van der Waals surface area contributed by atoms with Gasteiger partial charge in [0.2, 0.25) is 0 Å². The average Bonchev–Trinajstić information content (AvgIpc) is 3.25. The van der Waals surface area contributed by atoms with Gasteiger partial charge in [0.05, 0.1) is 12.0 Å². The number of benzene rings is 3. The van der Waals surface area contributed by atoms with E-state index in [1.807, 2.05) is 47.0 Å². The van der Waals surface area contributed by atoms with Gasteiger partial charge < -0.3 is 10.2 Å². The summed E-state index contributed by atoms with van der Waals surface area (Å²) in [5, 5.41) is 32.5. The lowest BCUT2D eigenvalue weighted by molar-refractivity contribution is -0.118. The van der Waals surface area contributed by atoms with Crippen molar-refractivity contribution in [1.29, 1.82) is 0 Å². The Morgan fingerprint density at radius 1 is 1.03 bits per heavy atom. The van der Waals surface area contributed by atoms with E-state index in [4.69, 9.17) is 11.6 Å². The molecule has 1 heterocycles. The number of phenols is 2. The number of halogens is 1. The van der Waals surface area contributed by atoms with Gasteiger partial charge in [-0.15, -0.1) is 10.2 Å². The van der Waals surface area contributed by atoms with Gasteiger partial charge in [-0.3, -0.25) is 9.36 Å². The number of phenolic OH excluding ortho intramolecular Hbond substituents is 2. The van der Waals surface area contributed by atoms with E-state index < -0.39 is 0 Å². The van der Waals surface area contributed by atoms with E-state index in [-0.39, 0.29) is 23.2 Å². The third kappa shape index (κ3) is 5.51. The monoisotopic (exact) mass is 479 g/mol. The Morgan fingerprint density at radius 2 is 1.79 bits per heavy atom. The molecule has 0 bridgehead atoms. The Hall–Kier alpha value is -3.82. The van der Waals surface area contributed by atoms with Crippen LogP contribution in [0.15, 0.2) is 83.1 Å². The number of hydrazone groups is 1. The van der Waals surface area contributed by atoms with E-state index in [9.17, 15) is 15.0 Å². The highest BCUT2D eigenvalue weighted by atomic mass is 35.5. The standard InChI is InChI=1S/C23H18ClN5O3S/c24-17-9-7-16(8-10-17)22-27-28-23(29(22)18-4-2-1-3-5-18)33-14-21(32)26-25-13-15-6-11-19(30)20(31)12-15/h1-13,30-31H,14H2,(H,26,32)/b25-13+. The SMILES string of the molecule is O=C(CSc1nnc(-c2ccc(Cl)cc2)n1-c1ccccc1)N/N=C/c1ccc(O)c(O)c1. The number of para-hydroxylation sites is 1. The number of amides is 1. The number of nitrogens with one attached hydrogen (secondary N) is 1. The Bertz CT molecular complexity index is 1290. The predicted octanol–water partition coefficient (Wildman–Crippen LogP) is 4.24. The van der Waals surface area contributed by atoms with Crippen LogP contribution in [0, 0.1) is 0 Å². The van der Waals surface area contributed by atoms with Crippen molar-refractivity contribution in [3.05, 3.63) is 83.4 Å². The minimum Gasteiger partial charge on any atom is -0.504 e. The smallest absolute Gasteiger partial charge is 0.250 e. The molecule has 3 aromatic carbocycles. The number of hydrogen-bond acceptors (Lipinski definition) is 7. The normalized spacial score (nSPS) is 11.1. The Balaban J connectivity index is 1.48. The topological polar surface area (TPSA) is 113 Å². The minimum absolute atomic E-state index is 0.0593. The summed E-state index contributed by atoms with van der Waals surface area (Å²) in [6.07, 6.45) is 1.37. The molecule has 1 amide bonds. The summed E-state index contributed by atoms with van der Waals surface area (Å²) in [6, 6.07) is 21.1. The fourth-order valence-electron chi connectivity index (χ4n) is 2.92. The fourth-order valence-corrected chi connectivity index (χ4v) is 3.79. The van der Waals surface area contributed by atoms with E-state index in [1.165, 1.54) is 30.1 Å². The van der Waals surface area contributed by atoms with Crippen LogP contribution in [0.2, 0.25) is 5.02 Å². The minimum atomic E-state index is -0.338. The molecule has 0 saturated carbocycles. The van der Waals surface area contributed by atoms with Gasteiger partial charge in [0.25, 0.3) is 5.91 Å². The first kappa shape index (κ1) is 22.4. The molecule has 3 N–H and O–H groups in total. The van der Waals surface area contributed by atoms with Crippen molar-refractivity contribution in [2.24, 2.45) is 5.10 Å². The van der Waals surface area contributed by atoms with Crippen LogP contribution in [-0.2, 0) is 4.79 Å². The maximum absolute atomic E-state index is 12.3. The summed E-state index contributed by atoms with van der Waals surface area (Å²) >= 11 is 7.24. The Kier molecular flexibility index (Phi) is 6.92. The number of carbonyl (C=O) groups excluding carboxylic acids is 1.